The Labute approximate surface area is 120 Å². The van der Waals surface area contributed by atoms with Gasteiger partial charge in [-0.3, -0.25) is 5.32 Å². The van der Waals surface area contributed by atoms with Crippen molar-refractivity contribution in [3.63, 3.8) is 0 Å². The van der Waals surface area contributed by atoms with E-state index < -0.39 is 17.7 Å². The van der Waals surface area contributed by atoms with Crippen molar-refractivity contribution >= 4 is 29.1 Å². The molecule has 0 radical (unpaired) electrons. The van der Waals surface area contributed by atoms with Crippen LogP contribution >= 0.6 is 11.3 Å². The van der Waals surface area contributed by atoms with Gasteiger partial charge in [0.15, 0.2) is 0 Å². The van der Waals surface area contributed by atoms with Crippen LogP contribution in [0, 0.1) is 0 Å². The van der Waals surface area contributed by atoms with Gasteiger partial charge in [-0.15, -0.1) is 11.3 Å². The number of ether oxygens (including phenoxy) is 2. The molecule has 110 valence electrons. The molecule has 2 rings (SSSR count). The molecule has 2 heterocycles. The number of amides is 1. The highest BCUT2D eigenvalue weighted by molar-refractivity contribution is 7.14. The Morgan fingerprint density at radius 3 is 2.70 bits per heavy atom. The van der Waals surface area contributed by atoms with Crippen molar-refractivity contribution in [2.24, 2.45) is 0 Å². The van der Waals surface area contributed by atoms with Crippen LogP contribution in [-0.4, -0.2) is 29.4 Å². The summed E-state index contributed by atoms with van der Waals surface area (Å²) in [5.41, 5.74) is 0.399. The lowest BCUT2D eigenvalue weighted by molar-refractivity contribution is 0.0635. The Bertz CT molecular complexity index is 544. The second kappa shape index (κ2) is 5.41. The number of fused-ring (bicyclic) bond motifs is 1. The smallest absolute Gasteiger partial charge is 0.412 e. The zero-order valence-electron chi connectivity index (χ0n) is 11.6. The zero-order chi connectivity index (χ0) is 14.9. The van der Waals surface area contributed by atoms with Crippen LogP contribution in [0.3, 0.4) is 0 Å². The number of carboxylic acid groups (broad SMARTS) is 1. The van der Waals surface area contributed by atoms with Crippen LogP contribution in [0.5, 0.6) is 0 Å². The van der Waals surface area contributed by atoms with Gasteiger partial charge in [0.05, 0.1) is 18.9 Å². The molecule has 6 nitrogen and oxygen atoms in total. The van der Waals surface area contributed by atoms with Gasteiger partial charge in [-0.05, 0) is 20.8 Å². The molecule has 1 amide bonds. The lowest BCUT2D eigenvalue weighted by atomic mass is 10.1. The van der Waals surface area contributed by atoms with Crippen molar-refractivity contribution in [3.8, 4) is 0 Å². The van der Waals surface area contributed by atoms with Gasteiger partial charge in [0.1, 0.15) is 10.5 Å². The minimum absolute atomic E-state index is 0.117. The molecule has 0 bridgehead atoms. The summed E-state index contributed by atoms with van der Waals surface area (Å²) < 4.78 is 10.5. The van der Waals surface area contributed by atoms with Crippen LogP contribution in [-0.2, 0) is 22.5 Å². The van der Waals surface area contributed by atoms with Gasteiger partial charge in [-0.25, -0.2) is 9.59 Å². The van der Waals surface area contributed by atoms with Crippen LogP contribution < -0.4 is 5.32 Å². The number of thiophene rings is 1. The highest BCUT2D eigenvalue weighted by atomic mass is 32.1. The van der Waals surface area contributed by atoms with Crippen LogP contribution in [0.2, 0.25) is 0 Å². The molecule has 1 aliphatic rings. The quantitative estimate of drug-likeness (QED) is 0.877. The SMILES string of the molecule is CC(C)(C)OC(=O)Nc1c(C(=O)O)sc2c1COCC2. The van der Waals surface area contributed by atoms with Crippen LogP contribution in [0.1, 0.15) is 40.9 Å². The highest BCUT2D eigenvalue weighted by Gasteiger charge is 2.27. The first-order valence-electron chi connectivity index (χ1n) is 6.23. The first-order valence-corrected chi connectivity index (χ1v) is 7.05. The van der Waals surface area contributed by atoms with E-state index in [0.29, 0.717) is 25.3 Å². The number of rotatable bonds is 2. The second-order valence-electron chi connectivity index (χ2n) is 5.44. The molecule has 1 aliphatic heterocycles. The Morgan fingerprint density at radius 2 is 2.10 bits per heavy atom. The molecule has 0 unspecified atom stereocenters. The number of nitrogens with one attached hydrogen (secondary N) is 1. The van der Waals surface area contributed by atoms with Gasteiger partial charge < -0.3 is 14.6 Å². The fourth-order valence-corrected chi connectivity index (χ4v) is 2.97. The summed E-state index contributed by atoms with van der Waals surface area (Å²) in [7, 11) is 0. The van der Waals surface area contributed by atoms with Crippen molar-refractivity contribution in [1.29, 1.82) is 0 Å². The number of anilines is 1. The normalized spacial score (nSPS) is 14.6. The monoisotopic (exact) mass is 299 g/mol. The maximum absolute atomic E-state index is 11.8. The first kappa shape index (κ1) is 14.8. The standard InChI is InChI=1S/C13H17NO5S/c1-13(2,3)19-12(17)14-9-7-6-18-5-4-8(7)20-10(9)11(15)16/h4-6H2,1-3H3,(H,14,17)(H,15,16). The van der Waals surface area contributed by atoms with Gasteiger partial charge in [0.2, 0.25) is 0 Å². The topological polar surface area (TPSA) is 84.9 Å². The fraction of sp³-hybridized carbons (Fsp3) is 0.538. The number of aromatic carboxylic acids is 1. The molecule has 0 fully saturated rings. The van der Waals surface area contributed by atoms with E-state index in [9.17, 15) is 14.7 Å². The molecule has 0 aliphatic carbocycles. The maximum atomic E-state index is 11.8. The predicted molar refractivity (Wildman–Crippen MR) is 74.5 cm³/mol. The van der Waals surface area contributed by atoms with Crippen LogP contribution in [0.4, 0.5) is 10.5 Å². The van der Waals surface area contributed by atoms with E-state index in [2.05, 4.69) is 5.32 Å². The van der Waals surface area contributed by atoms with Crippen molar-refractivity contribution in [2.45, 2.75) is 39.4 Å². The molecular weight excluding hydrogens is 282 g/mol. The predicted octanol–water partition coefficient (Wildman–Crippen LogP) is 2.87. The molecule has 1 aromatic rings. The molecule has 1 aromatic heterocycles. The van der Waals surface area contributed by atoms with E-state index in [-0.39, 0.29) is 4.88 Å². The largest absolute Gasteiger partial charge is 0.477 e. The first-order chi connectivity index (χ1) is 9.28. The zero-order valence-corrected chi connectivity index (χ0v) is 12.4. The van der Waals surface area contributed by atoms with Crippen LogP contribution in [0.25, 0.3) is 0 Å². The molecule has 7 heteroatoms. The molecule has 0 saturated heterocycles. The molecule has 2 N–H and O–H groups in total. The van der Waals surface area contributed by atoms with E-state index in [1.54, 1.807) is 20.8 Å². The van der Waals surface area contributed by atoms with E-state index in [1.807, 2.05) is 0 Å². The Hall–Kier alpha value is -1.60. The van der Waals surface area contributed by atoms with Gasteiger partial charge in [0, 0.05) is 16.9 Å². The summed E-state index contributed by atoms with van der Waals surface area (Å²) >= 11 is 1.18. The maximum Gasteiger partial charge on any atom is 0.412 e. The lowest BCUT2D eigenvalue weighted by Crippen LogP contribution is -2.28. The van der Waals surface area contributed by atoms with E-state index in [0.717, 1.165) is 10.4 Å². The number of carbonyl (C=O) groups excluding carboxylic acids is 1. The Kier molecular flexibility index (Phi) is 4.01. The van der Waals surface area contributed by atoms with Gasteiger partial charge >= 0.3 is 12.1 Å². The van der Waals surface area contributed by atoms with Crippen molar-refractivity contribution in [1.82, 2.24) is 0 Å². The summed E-state index contributed by atoms with van der Waals surface area (Å²) in [6, 6.07) is 0. The van der Waals surface area contributed by atoms with Crippen molar-refractivity contribution < 1.29 is 24.2 Å². The van der Waals surface area contributed by atoms with Crippen molar-refractivity contribution in [3.05, 3.63) is 15.3 Å². The summed E-state index contributed by atoms with van der Waals surface area (Å²) in [5, 5.41) is 11.8. The number of hydrogen-bond acceptors (Lipinski definition) is 5. The van der Waals surface area contributed by atoms with Crippen LogP contribution in [0.15, 0.2) is 0 Å². The minimum atomic E-state index is -1.06. The lowest BCUT2D eigenvalue weighted by Gasteiger charge is -2.20. The summed E-state index contributed by atoms with van der Waals surface area (Å²) in [4.78, 5) is 24.2. The third-order valence-corrected chi connectivity index (χ3v) is 3.91. The second-order valence-corrected chi connectivity index (χ2v) is 6.55. The summed E-state index contributed by atoms with van der Waals surface area (Å²) in [6.45, 7) is 6.12. The molecule has 0 aromatic carbocycles. The Morgan fingerprint density at radius 1 is 1.40 bits per heavy atom. The van der Waals surface area contributed by atoms with E-state index >= 15 is 0 Å². The summed E-state index contributed by atoms with van der Waals surface area (Å²) in [6.07, 6.45) is 0.00202. The van der Waals surface area contributed by atoms with Crippen molar-refractivity contribution in [2.75, 3.05) is 11.9 Å². The molecular formula is C13H17NO5S. The van der Waals surface area contributed by atoms with E-state index in [4.69, 9.17) is 9.47 Å². The number of carbonyl (C=O) groups is 2. The van der Waals surface area contributed by atoms with E-state index in [1.165, 1.54) is 11.3 Å². The number of carboxylic acids is 1. The van der Waals surface area contributed by atoms with Gasteiger partial charge in [0.25, 0.3) is 0 Å². The number of hydrogen-bond donors (Lipinski definition) is 2. The molecule has 0 spiro atoms. The minimum Gasteiger partial charge on any atom is -0.477 e. The average Bonchev–Trinajstić information content (AvgIpc) is 2.66. The Balaban J connectivity index is 2.28. The molecule has 20 heavy (non-hydrogen) atoms. The van der Waals surface area contributed by atoms with Gasteiger partial charge in [-0.1, -0.05) is 0 Å². The third-order valence-electron chi connectivity index (χ3n) is 2.63. The highest BCUT2D eigenvalue weighted by Crippen LogP contribution is 2.36. The molecule has 0 atom stereocenters. The summed E-state index contributed by atoms with van der Waals surface area (Å²) in [5.74, 6) is -1.06. The third kappa shape index (κ3) is 3.29. The molecule has 0 saturated carbocycles. The fourth-order valence-electron chi connectivity index (χ4n) is 1.89. The average molecular weight is 299 g/mol. The van der Waals surface area contributed by atoms with Gasteiger partial charge in [-0.2, -0.15) is 0 Å².